The van der Waals surface area contributed by atoms with Gasteiger partial charge in [-0.25, -0.2) is 0 Å². The molecule has 1 nitrogen and oxygen atoms in total. The van der Waals surface area contributed by atoms with E-state index in [9.17, 15) is 5.11 Å². The molecule has 0 bridgehead atoms. The van der Waals surface area contributed by atoms with E-state index in [0.717, 1.165) is 6.42 Å². The van der Waals surface area contributed by atoms with Crippen LogP contribution in [-0.2, 0) is 6.42 Å². The number of hydrogen-bond acceptors (Lipinski definition) is 1. The Morgan fingerprint density at radius 3 is 2.46 bits per heavy atom. The Bertz CT molecular complexity index is 264. The predicted octanol–water partition coefficient (Wildman–Crippen LogP) is 2.73. The molecule has 0 saturated heterocycles. The smallest absolute Gasteiger partial charge is 0.0552 e. The van der Waals surface area contributed by atoms with Crippen molar-refractivity contribution >= 4 is 0 Å². The second-order valence-corrected chi connectivity index (χ2v) is 3.95. The molecule has 1 aromatic rings. The van der Waals surface area contributed by atoms with Crippen LogP contribution in [0.1, 0.15) is 37.8 Å². The lowest BCUT2D eigenvalue weighted by molar-refractivity contribution is 0.195. The summed E-state index contributed by atoms with van der Waals surface area (Å²) in [4.78, 5) is 0. The molecule has 0 unspecified atom stereocenters. The zero-order valence-electron chi connectivity index (χ0n) is 8.62. The highest BCUT2D eigenvalue weighted by Gasteiger charge is 2.02. The van der Waals surface area contributed by atoms with Crippen LogP contribution in [0.3, 0.4) is 0 Å². The maximum absolute atomic E-state index is 9.24. The summed E-state index contributed by atoms with van der Waals surface area (Å²) in [5.41, 5.74) is 2.57. The van der Waals surface area contributed by atoms with Crippen molar-refractivity contribution in [2.75, 3.05) is 0 Å². The third kappa shape index (κ3) is 3.19. The first kappa shape index (κ1) is 10.3. The zero-order chi connectivity index (χ0) is 9.84. The Balaban J connectivity index is 2.79. The van der Waals surface area contributed by atoms with E-state index < -0.39 is 0 Å². The molecule has 1 aromatic carbocycles. The molecule has 0 fully saturated rings. The lowest BCUT2D eigenvalue weighted by Crippen LogP contribution is -2.04. The summed E-state index contributed by atoms with van der Waals surface area (Å²) in [5, 5.41) is 9.24. The van der Waals surface area contributed by atoms with E-state index in [1.807, 2.05) is 6.92 Å². The van der Waals surface area contributed by atoms with Crippen LogP contribution in [-0.4, -0.2) is 11.2 Å². The van der Waals surface area contributed by atoms with E-state index in [-0.39, 0.29) is 6.10 Å². The van der Waals surface area contributed by atoms with Gasteiger partial charge in [-0.3, -0.25) is 0 Å². The maximum Gasteiger partial charge on any atom is 0.0552 e. The molecule has 0 aliphatic carbocycles. The quantitative estimate of drug-likeness (QED) is 0.754. The van der Waals surface area contributed by atoms with Gasteiger partial charge in [-0.1, -0.05) is 38.1 Å². The van der Waals surface area contributed by atoms with Crippen LogP contribution in [0.25, 0.3) is 0 Å². The molecule has 0 saturated carbocycles. The molecule has 1 heteroatoms. The minimum atomic E-state index is -0.248. The van der Waals surface area contributed by atoms with Gasteiger partial charge in [0.05, 0.1) is 6.10 Å². The fourth-order valence-electron chi connectivity index (χ4n) is 1.42. The first-order valence-corrected chi connectivity index (χ1v) is 4.86. The number of hydrogen-bond donors (Lipinski definition) is 1. The Labute approximate surface area is 80.4 Å². The highest BCUT2D eigenvalue weighted by atomic mass is 16.3. The summed E-state index contributed by atoms with van der Waals surface area (Å²) < 4.78 is 0. The summed E-state index contributed by atoms with van der Waals surface area (Å²) in [6.45, 7) is 6.19. The van der Waals surface area contributed by atoms with Gasteiger partial charge in [0.2, 0.25) is 0 Å². The van der Waals surface area contributed by atoms with Crippen LogP contribution in [0, 0.1) is 0 Å². The van der Waals surface area contributed by atoms with Crippen molar-refractivity contribution in [2.24, 2.45) is 0 Å². The highest BCUT2D eigenvalue weighted by Crippen LogP contribution is 2.16. The average molecular weight is 178 g/mol. The van der Waals surface area contributed by atoms with Crippen molar-refractivity contribution in [3.05, 3.63) is 35.4 Å². The van der Waals surface area contributed by atoms with Gasteiger partial charge in [0.25, 0.3) is 0 Å². The molecule has 0 aliphatic rings. The molecular weight excluding hydrogens is 160 g/mol. The SMILES string of the molecule is CC(C)c1cccc(C[C@@H](C)O)c1. The summed E-state index contributed by atoms with van der Waals surface area (Å²) >= 11 is 0. The molecule has 72 valence electrons. The molecule has 0 heterocycles. The van der Waals surface area contributed by atoms with Crippen molar-refractivity contribution in [2.45, 2.75) is 39.2 Å². The van der Waals surface area contributed by atoms with Gasteiger partial charge in [0.15, 0.2) is 0 Å². The van der Waals surface area contributed by atoms with Gasteiger partial charge in [0, 0.05) is 0 Å². The molecule has 1 N–H and O–H groups in total. The van der Waals surface area contributed by atoms with Gasteiger partial charge < -0.3 is 5.11 Å². The van der Waals surface area contributed by atoms with E-state index in [4.69, 9.17) is 0 Å². The van der Waals surface area contributed by atoms with Gasteiger partial charge in [0.1, 0.15) is 0 Å². The standard InChI is InChI=1S/C12H18O/c1-9(2)12-6-4-5-11(8-12)7-10(3)13/h4-6,8-10,13H,7H2,1-3H3/t10-/m1/s1. The Morgan fingerprint density at radius 1 is 1.23 bits per heavy atom. The molecule has 0 aliphatic heterocycles. The fraction of sp³-hybridized carbons (Fsp3) is 0.500. The van der Waals surface area contributed by atoms with Gasteiger partial charge >= 0.3 is 0 Å². The molecule has 0 spiro atoms. The Hall–Kier alpha value is -0.820. The lowest BCUT2D eigenvalue weighted by atomic mass is 9.99. The maximum atomic E-state index is 9.24. The van der Waals surface area contributed by atoms with Crippen molar-refractivity contribution in [3.63, 3.8) is 0 Å². The van der Waals surface area contributed by atoms with E-state index in [1.165, 1.54) is 11.1 Å². The van der Waals surface area contributed by atoms with Crippen LogP contribution < -0.4 is 0 Å². The normalized spacial score (nSPS) is 13.3. The summed E-state index contributed by atoms with van der Waals surface area (Å²) in [5.74, 6) is 0.564. The van der Waals surface area contributed by atoms with Crippen molar-refractivity contribution in [1.82, 2.24) is 0 Å². The third-order valence-electron chi connectivity index (χ3n) is 2.15. The van der Waals surface area contributed by atoms with Crippen LogP contribution in [0.4, 0.5) is 0 Å². The number of aliphatic hydroxyl groups is 1. The van der Waals surface area contributed by atoms with Crippen molar-refractivity contribution in [1.29, 1.82) is 0 Å². The average Bonchev–Trinajstić information content (AvgIpc) is 2.03. The van der Waals surface area contributed by atoms with Gasteiger partial charge in [-0.05, 0) is 30.4 Å². The molecule has 1 atom stereocenters. The number of rotatable bonds is 3. The first-order chi connectivity index (χ1) is 6.09. The fourth-order valence-corrected chi connectivity index (χ4v) is 1.42. The Kier molecular flexibility index (Phi) is 3.49. The molecule has 0 aromatic heterocycles. The zero-order valence-corrected chi connectivity index (χ0v) is 8.62. The second-order valence-electron chi connectivity index (χ2n) is 3.95. The molecule has 0 radical (unpaired) electrons. The molecule has 1 rings (SSSR count). The predicted molar refractivity (Wildman–Crippen MR) is 55.9 cm³/mol. The van der Waals surface area contributed by atoms with E-state index in [2.05, 4.69) is 38.1 Å². The largest absolute Gasteiger partial charge is 0.393 e. The molecule has 13 heavy (non-hydrogen) atoms. The monoisotopic (exact) mass is 178 g/mol. The van der Waals surface area contributed by atoms with Crippen LogP contribution in [0.2, 0.25) is 0 Å². The minimum absolute atomic E-state index is 0.248. The van der Waals surface area contributed by atoms with E-state index in [0.29, 0.717) is 5.92 Å². The van der Waals surface area contributed by atoms with Gasteiger partial charge in [-0.15, -0.1) is 0 Å². The number of aliphatic hydroxyl groups excluding tert-OH is 1. The van der Waals surface area contributed by atoms with E-state index in [1.54, 1.807) is 0 Å². The minimum Gasteiger partial charge on any atom is -0.393 e. The lowest BCUT2D eigenvalue weighted by Gasteiger charge is -2.09. The van der Waals surface area contributed by atoms with Crippen molar-refractivity contribution in [3.8, 4) is 0 Å². The van der Waals surface area contributed by atoms with Crippen LogP contribution >= 0.6 is 0 Å². The topological polar surface area (TPSA) is 20.2 Å². The van der Waals surface area contributed by atoms with Crippen LogP contribution in [0.5, 0.6) is 0 Å². The molecule has 0 amide bonds. The first-order valence-electron chi connectivity index (χ1n) is 4.86. The molecular formula is C12H18O. The van der Waals surface area contributed by atoms with Gasteiger partial charge in [-0.2, -0.15) is 0 Å². The second kappa shape index (κ2) is 4.43. The highest BCUT2D eigenvalue weighted by molar-refractivity contribution is 5.26. The Morgan fingerprint density at radius 2 is 1.92 bits per heavy atom. The third-order valence-corrected chi connectivity index (χ3v) is 2.15. The van der Waals surface area contributed by atoms with Crippen molar-refractivity contribution < 1.29 is 5.11 Å². The van der Waals surface area contributed by atoms with Crippen LogP contribution in [0.15, 0.2) is 24.3 Å². The summed E-state index contributed by atoms with van der Waals surface area (Å²) in [6.07, 6.45) is 0.503. The number of benzene rings is 1. The van der Waals surface area contributed by atoms with E-state index >= 15 is 0 Å². The summed E-state index contributed by atoms with van der Waals surface area (Å²) in [6, 6.07) is 8.44. The summed E-state index contributed by atoms with van der Waals surface area (Å²) in [7, 11) is 0.